The molecule has 3 aromatic rings. The van der Waals surface area contributed by atoms with E-state index in [-0.39, 0.29) is 11.7 Å². The summed E-state index contributed by atoms with van der Waals surface area (Å²) in [6.45, 7) is 6.75. The summed E-state index contributed by atoms with van der Waals surface area (Å²) in [5.41, 5.74) is 2.17. The molecule has 1 aromatic heterocycles. The van der Waals surface area contributed by atoms with Crippen LogP contribution in [0.2, 0.25) is 0 Å². The number of thiophene rings is 1. The lowest BCUT2D eigenvalue weighted by molar-refractivity contribution is 0.192. The summed E-state index contributed by atoms with van der Waals surface area (Å²) in [7, 11) is 0. The number of rotatable bonds is 3. The van der Waals surface area contributed by atoms with Gasteiger partial charge in [-0.1, -0.05) is 54.6 Å². The molecule has 132 valence electrons. The molecule has 0 spiro atoms. The maximum Gasteiger partial charge on any atom is 0.160 e. The zero-order chi connectivity index (χ0) is 18.1. The van der Waals surface area contributed by atoms with Gasteiger partial charge in [0.05, 0.1) is 5.69 Å². The number of nitrogens with zero attached hydrogens (tertiary/aromatic N) is 3. The Morgan fingerprint density at radius 3 is 2.08 bits per heavy atom. The summed E-state index contributed by atoms with van der Waals surface area (Å²) in [5.74, 6) is 1.01. The van der Waals surface area contributed by atoms with E-state index in [1.54, 1.807) is 11.3 Å². The van der Waals surface area contributed by atoms with E-state index in [0.717, 1.165) is 17.1 Å². The second-order valence-corrected chi connectivity index (χ2v) is 8.38. The van der Waals surface area contributed by atoms with Crippen LogP contribution in [-0.4, -0.2) is 16.3 Å². The molecule has 1 aliphatic rings. The van der Waals surface area contributed by atoms with Crippen molar-refractivity contribution in [1.82, 2.24) is 4.90 Å². The Bertz CT molecular complexity index is 880. The molecule has 0 bridgehead atoms. The van der Waals surface area contributed by atoms with E-state index >= 15 is 0 Å². The molecule has 4 heteroatoms. The number of amidine groups is 1. The molecule has 2 heterocycles. The third kappa shape index (κ3) is 3.01. The van der Waals surface area contributed by atoms with E-state index in [4.69, 9.17) is 5.10 Å². The van der Waals surface area contributed by atoms with Crippen molar-refractivity contribution >= 4 is 22.9 Å². The van der Waals surface area contributed by atoms with Crippen LogP contribution >= 0.6 is 11.3 Å². The van der Waals surface area contributed by atoms with Gasteiger partial charge in [-0.25, -0.2) is 5.01 Å². The quantitative estimate of drug-likeness (QED) is 0.593. The van der Waals surface area contributed by atoms with Gasteiger partial charge in [-0.3, -0.25) is 0 Å². The summed E-state index contributed by atoms with van der Waals surface area (Å²) in [6, 6.07) is 25.2. The first-order valence-corrected chi connectivity index (χ1v) is 9.75. The first kappa shape index (κ1) is 16.9. The molecule has 3 nitrogen and oxygen atoms in total. The van der Waals surface area contributed by atoms with Gasteiger partial charge in [-0.2, -0.15) is 5.10 Å². The average Bonchev–Trinajstić information content (AvgIpc) is 3.30. The predicted molar refractivity (Wildman–Crippen MR) is 111 cm³/mol. The number of hydrogen-bond acceptors (Lipinski definition) is 4. The van der Waals surface area contributed by atoms with Gasteiger partial charge in [0.25, 0.3) is 0 Å². The molecule has 0 radical (unpaired) electrons. The maximum atomic E-state index is 5.10. The van der Waals surface area contributed by atoms with Crippen LogP contribution < -0.4 is 5.01 Å². The van der Waals surface area contributed by atoms with E-state index < -0.39 is 0 Å². The van der Waals surface area contributed by atoms with Crippen molar-refractivity contribution in [3.05, 3.63) is 88.6 Å². The smallest absolute Gasteiger partial charge is 0.160 e. The van der Waals surface area contributed by atoms with Crippen molar-refractivity contribution in [3.63, 3.8) is 0 Å². The van der Waals surface area contributed by atoms with Crippen molar-refractivity contribution in [2.75, 3.05) is 5.01 Å². The lowest BCUT2D eigenvalue weighted by atomic mass is 10.0. The summed E-state index contributed by atoms with van der Waals surface area (Å²) >= 11 is 1.78. The van der Waals surface area contributed by atoms with E-state index in [1.807, 2.05) is 12.1 Å². The molecule has 0 aliphatic carbocycles. The molecule has 1 aliphatic heterocycles. The Kier molecular flexibility index (Phi) is 4.29. The first-order chi connectivity index (χ1) is 12.6. The molecular weight excluding hydrogens is 338 g/mol. The normalized spacial score (nSPS) is 17.5. The minimum atomic E-state index is -0.0765. The molecule has 0 saturated heterocycles. The van der Waals surface area contributed by atoms with Gasteiger partial charge >= 0.3 is 0 Å². The van der Waals surface area contributed by atoms with Crippen LogP contribution in [0.3, 0.4) is 0 Å². The Labute approximate surface area is 159 Å². The van der Waals surface area contributed by atoms with Crippen molar-refractivity contribution in [2.24, 2.45) is 5.10 Å². The largest absolute Gasteiger partial charge is 0.323 e. The second-order valence-electron chi connectivity index (χ2n) is 7.40. The summed E-state index contributed by atoms with van der Waals surface area (Å²) < 4.78 is 0. The SMILES string of the molecule is CC(C)(C)N1C(c2ccccc2)=NN(c2ccccc2)[C@H]1c1cccs1. The Hall–Kier alpha value is -2.59. The first-order valence-electron chi connectivity index (χ1n) is 8.87. The number of para-hydroxylation sites is 1. The number of benzene rings is 2. The van der Waals surface area contributed by atoms with Gasteiger partial charge in [-0.15, -0.1) is 11.3 Å². The van der Waals surface area contributed by atoms with Crippen molar-refractivity contribution in [2.45, 2.75) is 32.5 Å². The minimum Gasteiger partial charge on any atom is -0.323 e. The Morgan fingerprint density at radius 2 is 1.50 bits per heavy atom. The molecule has 0 amide bonds. The number of anilines is 1. The average molecular weight is 362 g/mol. The van der Waals surface area contributed by atoms with E-state index in [0.29, 0.717) is 0 Å². The summed E-state index contributed by atoms with van der Waals surface area (Å²) in [5, 5.41) is 9.39. The molecule has 2 aromatic carbocycles. The zero-order valence-corrected chi connectivity index (χ0v) is 16.1. The highest BCUT2D eigenvalue weighted by Crippen LogP contribution is 2.42. The topological polar surface area (TPSA) is 18.8 Å². The van der Waals surface area contributed by atoms with Gasteiger partial charge in [-0.05, 0) is 44.4 Å². The molecule has 0 fully saturated rings. The lowest BCUT2D eigenvalue weighted by Crippen LogP contribution is -2.47. The van der Waals surface area contributed by atoms with Gasteiger partial charge in [0.15, 0.2) is 12.0 Å². The van der Waals surface area contributed by atoms with Gasteiger partial charge in [0.2, 0.25) is 0 Å². The minimum absolute atomic E-state index is 0.0487. The molecule has 26 heavy (non-hydrogen) atoms. The Morgan fingerprint density at radius 1 is 0.846 bits per heavy atom. The van der Waals surface area contributed by atoms with Crippen LogP contribution in [0.5, 0.6) is 0 Å². The van der Waals surface area contributed by atoms with Crippen LogP contribution in [0, 0.1) is 0 Å². The number of hydrogen-bond donors (Lipinski definition) is 0. The van der Waals surface area contributed by atoms with Gasteiger partial charge in [0, 0.05) is 16.0 Å². The van der Waals surface area contributed by atoms with Gasteiger partial charge < -0.3 is 4.90 Å². The molecule has 0 unspecified atom stereocenters. The third-order valence-corrected chi connectivity index (χ3v) is 5.39. The van der Waals surface area contributed by atoms with Crippen LogP contribution in [0.25, 0.3) is 0 Å². The summed E-state index contributed by atoms with van der Waals surface area (Å²) in [6.07, 6.45) is 0.0487. The van der Waals surface area contributed by atoms with Crippen LogP contribution in [0.4, 0.5) is 5.69 Å². The second kappa shape index (κ2) is 6.61. The fourth-order valence-corrected chi connectivity index (χ4v) is 4.16. The van der Waals surface area contributed by atoms with Crippen LogP contribution in [0.1, 0.15) is 37.4 Å². The summed E-state index contributed by atoms with van der Waals surface area (Å²) in [4.78, 5) is 3.72. The molecule has 4 rings (SSSR count). The van der Waals surface area contributed by atoms with E-state index in [9.17, 15) is 0 Å². The predicted octanol–water partition coefficient (Wildman–Crippen LogP) is 5.73. The Balaban J connectivity index is 1.89. The van der Waals surface area contributed by atoms with Crippen molar-refractivity contribution < 1.29 is 0 Å². The highest BCUT2D eigenvalue weighted by molar-refractivity contribution is 7.10. The molecular formula is C22H23N3S. The van der Waals surface area contributed by atoms with Gasteiger partial charge in [0.1, 0.15) is 0 Å². The highest BCUT2D eigenvalue weighted by atomic mass is 32.1. The fourth-order valence-electron chi connectivity index (χ4n) is 3.36. The van der Waals surface area contributed by atoms with E-state index in [2.05, 4.69) is 96.7 Å². The molecule has 1 atom stereocenters. The number of hydrazone groups is 1. The fraction of sp³-hybridized carbons (Fsp3) is 0.227. The lowest BCUT2D eigenvalue weighted by Gasteiger charge is -2.40. The molecule has 0 saturated carbocycles. The standard InChI is InChI=1S/C22H23N3S/c1-22(2,3)24-20(17-11-6-4-7-12-17)23-25(18-13-8-5-9-14-18)21(24)19-15-10-16-26-19/h4-16,21H,1-3H3/t21-/m0/s1. The third-order valence-electron chi connectivity index (χ3n) is 4.48. The van der Waals surface area contributed by atoms with Crippen LogP contribution in [0.15, 0.2) is 83.3 Å². The van der Waals surface area contributed by atoms with Crippen LogP contribution in [-0.2, 0) is 0 Å². The highest BCUT2D eigenvalue weighted by Gasteiger charge is 2.42. The molecule has 0 N–H and O–H groups in total. The zero-order valence-electron chi connectivity index (χ0n) is 15.3. The monoisotopic (exact) mass is 361 g/mol. The maximum absolute atomic E-state index is 5.10. The van der Waals surface area contributed by atoms with Crippen molar-refractivity contribution in [1.29, 1.82) is 0 Å². The van der Waals surface area contributed by atoms with Crippen molar-refractivity contribution in [3.8, 4) is 0 Å². The van der Waals surface area contributed by atoms with E-state index in [1.165, 1.54) is 4.88 Å².